The normalized spacial score (nSPS) is 16.5. The van der Waals surface area contributed by atoms with Crippen molar-refractivity contribution in [3.63, 3.8) is 0 Å². The number of rotatable bonds is 2. The highest BCUT2D eigenvalue weighted by atomic mass is 32.2. The summed E-state index contributed by atoms with van der Waals surface area (Å²) in [6, 6.07) is 3.59. The number of hydrogen-bond donors (Lipinski definition) is 0. The zero-order valence-electron chi connectivity index (χ0n) is 6.39. The molecule has 3 heteroatoms. The van der Waals surface area contributed by atoms with Crippen LogP contribution < -0.4 is 0 Å². The van der Waals surface area contributed by atoms with Crippen molar-refractivity contribution in [1.82, 2.24) is 0 Å². The van der Waals surface area contributed by atoms with Crippen molar-refractivity contribution in [2.24, 2.45) is 0 Å². The standard InChI is InChI=1S/C9H8F2S/c10-6-1-4-8(11)9(5-6)12-7-2-3-7/h1,4-5,7H,2-3H2. The van der Waals surface area contributed by atoms with Crippen LogP contribution in [0.2, 0.25) is 0 Å². The Kier molecular flexibility index (Phi) is 2.05. The lowest BCUT2D eigenvalue weighted by atomic mass is 10.3. The Balaban J connectivity index is 2.21. The van der Waals surface area contributed by atoms with Gasteiger partial charge in [-0.1, -0.05) is 0 Å². The molecule has 0 heterocycles. The molecule has 1 aromatic carbocycles. The molecular formula is C9H8F2S. The summed E-state index contributed by atoms with van der Waals surface area (Å²) in [6.45, 7) is 0. The summed E-state index contributed by atoms with van der Waals surface area (Å²) < 4.78 is 25.6. The number of benzene rings is 1. The molecule has 0 nitrogen and oxygen atoms in total. The molecule has 1 aliphatic rings. The second kappa shape index (κ2) is 3.05. The van der Waals surface area contributed by atoms with Crippen LogP contribution in [0, 0.1) is 11.6 Å². The highest BCUT2D eigenvalue weighted by Crippen LogP contribution is 2.40. The zero-order chi connectivity index (χ0) is 8.55. The predicted molar refractivity (Wildman–Crippen MR) is 45.2 cm³/mol. The molecule has 0 unspecified atom stereocenters. The van der Waals surface area contributed by atoms with Crippen molar-refractivity contribution in [2.45, 2.75) is 23.0 Å². The fraction of sp³-hybridized carbons (Fsp3) is 0.333. The van der Waals surface area contributed by atoms with E-state index in [-0.39, 0.29) is 11.6 Å². The van der Waals surface area contributed by atoms with Crippen LogP contribution in [0.1, 0.15) is 12.8 Å². The SMILES string of the molecule is Fc1ccc(F)c(SC2CC2)c1. The van der Waals surface area contributed by atoms with Crippen LogP contribution in [-0.2, 0) is 0 Å². The number of halogens is 2. The van der Waals surface area contributed by atoms with Crippen molar-refractivity contribution in [1.29, 1.82) is 0 Å². The van der Waals surface area contributed by atoms with Gasteiger partial charge in [0.15, 0.2) is 0 Å². The van der Waals surface area contributed by atoms with Crippen LogP contribution in [0.25, 0.3) is 0 Å². The zero-order valence-corrected chi connectivity index (χ0v) is 7.20. The average molecular weight is 186 g/mol. The summed E-state index contributed by atoms with van der Waals surface area (Å²) in [4.78, 5) is 0.442. The van der Waals surface area contributed by atoms with E-state index in [9.17, 15) is 8.78 Å². The van der Waals surface area contributed by atoms with Gasteiger partial charge in [0.1, 0.15) is 11.6 Å². The van der Waals surface area contributed by atoms with Crippen LogP contribution in [0.4, 0.5) is 8.78 Å². The lowest BCUT2D eigenvalue weighted by molar-refractivity contribution is 0.577. The maximum Gasteiger partial charge on any atom is 0.136 e. The van der Waals surface area contributed by atoms with Gasteiger partial charge in [0.25, 0.3) is 0 Å². The second-order valence-electron chi connectivity index (χ2n) is 2.89. The van der Waals surface area contributed by atoms with Crippen molar-refractivity contribution in [3.8, 4) is 0 Å². The first kappa shape index (κ1) is 8.05. The van der Waals surface area contributed by atoms with Gasteiger partial charge < -0.3 is 0 Å². The molecular weight excluding hydrogens is 178 g/mol. The van der Waals surface area contributed by atoms with E-state index < -0.39 is 0 Å². The highest BCUT2D eigenvalue weighted by molar-refractivity contribution is 8.00. The maximum atomic E-state index is 13.0. The third-order valence-electron chi connectivity index (χ3n) is 1.71. The lowest BCUT2D eigenvalue weighted by Crippen LogP contribution is -1.84. The summed E-state index contributed by atoms with van der Waals surface area (Å²) >= 11 is 1.44. The average Bonchev–Trinajstić information content (AvgIpc) is 2.81. The number of thioether (sulfide) groups is 1. The smallest absolute Gasteiger partial charge is 0.136 e. The van der Waals surface area contributed by atoms with Gasteiger partial charge in [0.05, 0.1) is 0 Å². The highest BCUT2D eigenvalue weighted by Gasteiger charge is 2.23. The van der Waals surface area contributed by atoms with Gasteiger partial charge in [-0.05, 0) is 31.0 Å². The largest absolute Gasteiger partial charge is 0.207 e. The minimum Gasteiger partial charge on any atom is -0.207 e. The lowest BCUT2D eigenvalue weighted by Gasteiger charge is -2.00. The molecule has 0 N–H and O–H groups in total. The van der Waals surface area contributed by atoms with E-state index in [4.69, 9.17) is 0 Å². The van der Waals surface area contributed by atoms with Gasteiger partial charge in [-0.2, -0.15) is 0 Å². The van der Waals surface area contributed by atoms with E-state index in [1.165, 1.54) is 23.9 Å². The summed E-state index contributed by atoms with van der Waals surface area (Å²) in [5, 5.41) is 0.515. The predicted octanol–water partition coefficient (Wildman–Crippen LogP) is 3.22. The van der Waals surface area contributed by atoms with Crippen LogP contribution in [-0.4, -0.2) is 5.25 Å². The van der Waals surface area contributed by atoms with Gasteiger partial charge in [-0.15, -0.1) is 11.8 Å². The van der Waals surface area contributed by atoms with Crippen molar-refractivity contribution in [3.05, 3.63) is 29.8 Å². The first-order valence-electron chi connectivity index (χ1n) is 3.87. The van der Waals surface area contributed by atoms with E-state index in [0.717, 1.165) is 18.9 Å². The molecule has 1 fully saturated rings. The fourth-order valence-electron chi connectivity index (χ4n) is 0.933. The first-order valence-corrected chi connectivity index (χ1v) is 4.75. The topological polar surface area (TPSA) is 0 Å². The molecule has 1 aromatic rings. The molecule has 0 aromatic heterocycles. The second-order valence-corrected chi connectivity index (χ2v) is 4.23. The third-order valence-corrected chi connectivity index (χ3v) is 3.08. The summed E-state index contributed by atoms with van der Waals surface area (Å²) in [6.07, 6.45) is 2.25. The molecule has 1 aliphatic carbocycles. The summed E-state index contributed by atoms with van der Waals surface area (Å²) in [5.41, 5.74) is 0. The minimum atomic E-state index is -0.362. The Morgan fingerprint density at radius 1 is 1.25 bits per heavy atom. The quantitative estimate of drug-likeness (QED) is 0.683. The van der Waals surface area contributed by atoms with E-state index in [0.29, 0.717) is 10.1 Å². The van der Waals surface area contributed by atoms with Gasteiger partial charge in [-0.3, -0.25) is 0 Å². The molecule has 64 valence electrons. The third kappa shape index (κ3) is 1.78. The van der Waals surface area contributed by atoms with Crippen LogP contribution >= 0.6 is 11.8 Å². The van der Waals surface area contributed by atoms with Crippen LogP contribution in [0.15, 0.2) is 23.1 Å². The monoisotopic (exact) mass is 186 g/mol. The van der Waals surface area contributed by atoms with E-state index >= 15 is 0 Å². The first-order chi connectivity index (χ1) is 5.75. The van der Waals surface area contributed by atoms with Crippen LogP contribution in [0.3, 0.4) is 0 Å². The molecule has 2 rings (SSSR count). The molecule has 0 radical (unpaired) electrons. The van der Waals surface area contributed by atoms with Crippen LogP contribution in [0.5, 0.6) is 0 Å². The molecule has 0 spiro atoms. The Labute approximate surface area is 74.0 Å². The molecule has 0 atom stereocenters. The van der Waals surface area contributed by atoms with E-state index in [2.05, 4.69) is 0 Å². The molecule has 0 bridgehead atoms. The fourth-order valence-corrected chi connectivity index (χ4v) is 2.03. The van der Waals surface area contributed by atoms with Gasteiger partial charge in [-0.25, -0.2) is 8.78 Å². The van der Waals surface area contributed by atoms with Gasteiger partial charge in [0, 0.05) is 10.1 Å². The summed E-state index contributed by atoms with van der Waals surface area (Å²) in [5.74, 6) is -0.673. The molecule has 0 amide bonds. The Bertz CT molecular complexity index is 295. The Morgan fingerprint density at radius 3 is 2.67 bits per heavy atom. The Morgan fingerprint density at radius 2 is 2.00 bits per heavy atom. The number of hydrogen-bond acceptors (Lipinski definition) is 1. The molecule has 1 saturated carbocycles. The minimum absolute atomic E-state index is 0.312. The van der Waals surface area contributed by atoms with Gasteiger partial charge in [0.2, 0.25) is 0 Å². The molecule has 0 saturated heterocycles. The summed E-state index contributed by atoms with van der Waals surface area (Å²) in [7, 11) is 0. The van der Waals surface area contributed by atoms with Gasteiger partial charge >= 0.3 is 0 Å². The van der Waals surface area contributed by atoms with Crippen molar-refractivity contribution in [2.75, 3.05) is 0 Å². The maximum absolute atomic E-state index is 13.0. The van der Waals surface area contributed by atoms with Crippen molar-refractivity contribution < 1.29 is 8.78 Å². The molecule has 0 aliphatic heterocycles. The van der Waals surface area contributed by atoms with Crippen molar-refractivity contribution >= 4 is 11.8 Å². The Hall–Kier alpha value is -0.570. The van der Waals surface area contributed by atoms with E-state index in [1.54, 1.807) is 0 Å². The van der Waals surface area contributed by atoms with E-state index in [1.807, 2.05) is 0 Å². The molecule has 12 heavy (non-hydrogen) atoms.